The van der Waals surface area contributed by atoms with Gasteiger partial charge in [0.05, 0.1) is 0 Å². The van der Waals surface area contributed by atoms with E-state index in [4.69, 9.17) is 5.26 Å². The minimum absolute atomic E-state index is 0.240. The van der Waals surface area contributed by atoms with E-state index in [2.05, 4.69) is 5.32 Å². The lowest BCUT2D eigenvalue weighted by Gasteiger charge is -2.06. The Kier molecular flexibility index (Phi) is 6.19. The minimum Gasteiger partial charge on any atom is -0.321 e. The molecule has 0 heterocycles. The van der Waals surface area contributed by atoms with Crippen molar-refractivity contribution in [1.82, 2.24) is 0 Å². The highest BCUT2D eigenvalue weighted by atomic mass is 32.2. The molecule has 0 aliphatic heterocycles. The Morgan fingerprint density at radius 2 is 1.84 bits per heavy atom. The van der Waals surface area contributed by atoms with Crippen molar-refractivity contribution in [3.63, 3.8) is 0 Å². The third-order valence-electron chi connectivity index (χ3n) is 2.98. The lowest BCUT2D eigenvalue weighted by Crippen LogP contribution is -2.13. The molecule has 3 nitrogen and oxygen atoms in total. The Hall–Kier alpha value is -2.79. The lowest BCUT2D eigenvalue weighted by molar-refractivity contribution is -0.112. The molecule has 0 bridgehead atoms. The molecule has 0 saturated heterocycles. The monoisotopic (exact) mass is 366 g/mol. The van der Waals surface area contributed by atoms with E-state index in [1.54, 1.807) is 6.07 Å². The van der Waals surface area contributed by atoms with Crippen LogP contribution in [0.5, 0.6) is 0 Å². The van der Waals surface area contributed by atoms with Crippen molar-refractivity contribution in [1.29, 1.82) is 5.26 Å². The summed E-state index contributed by atoms with van der Waals surface area (Å²) in [4.78, 5) is 12.4. The van der Waals surface area contributed by atoms with Gasteiger partial charge in [0, 0.05) is 16.1 Å². The second-order valence-corrected chi connectivity index (χ2v) is 5.73. The fourth-order valence-corrected chi connectivity index (χ4v) is 2.35. The first-order chi connectivity index (χ1) is 11.9. The maximum atomic E-state index is 13.6. The molecule has 0 atom stereocenters. The smallest absolute Gasteiger partial charge is 0.288 e. The molecule has 25 heavy (non-hydrogen) atoms. The van der Waals surface area contributed by atoms with Crippen molar-refractivity contribution in [2.45, 2.75) is 10.7 Å². The van der Waals surface area contributed by atoms with Gasteiger partial charge >= 0.3 is 0 Å². The van der Waals surface area contributed by atoms with Crippen LogP contribution >= 0.6 is 11.8 Å². The quantitative estimate of drug-likeness (QED) is 0.357. The maximum absolute atomic E-state index is 13.6. The molecular weight excluding hydrogens is 356 g/mol. The van der Waals surface area contributed by atoms with Crippen LogP contribution in [-0.4, -0.2) is 11.7 Å². The summed E-state index contributed by atoms with van der Waals surface area (Å²) >= 11 is 0.355. The van der Waals surface area contributed by atoms with Crippen LogP contribution in [0.15, 0.2) is 52.9 Å². The van der Waals surface area contributed by atoms with Gasteiger partial charge in [-0.1, -0.05) is 23.9 Å². The van der Waals surface area contributed by atoms with Crippen molar-refractivity contribution in [2.75, 3.05) is 5.32 Å². The summed E-state index contributed by atoms with van der Waals surface area (Å²) in [5, 5.41) is 11.4. The summed E-state index contributed by atoms with van der Waals surface area (Å²) in [5.41, 5.74) is -0.407. The molecule has 0 aliphatic rings. The predicted octanol–water partition coefficient (Wildman–Crippen LogP) is 4.83. The number of alkyl halides is 2. The van der Waals surface area contributed by atoms with Crippen LogP contribution in [0.1, 0.15) is 5.56 Å². The molecule has 0 spiro atoms. The van der Waals surface area contributed by atoms with E-state index in [-0.39, 0.29) is 11.3 Å². The molecular formula is C17H10F4N2OS. The van der Waals surface area contributed by atoms with Crippen LogP contribution in [0.25, 0.3) is 6.08 Å². The molecule has 0 radical (unpaired) electrons. The fourth-order valence-electron chi connectivity index (χ4n) is 1.85. The largest absolute Gasteiger partial charge is 0.321 e. The molecule has 0 unspecified atom stereocenters. The number of carbonyl (C=O) groups is 1. The number of anilines is 1. The molecule has 2 rings (SSSR count). The van der Waals surface area contributed by atoms with Gasteiger partial charge in [-0.15, -0.1) is 0 Å². The highest BCUT2D eigenvalue weighted by Gasteiger charge is 2.13. The summed E-state index contributed by atoms with van der Waals surface area (Å²) in [6, 6.07) is 10.5. The van der Waals surface area contributed by atoms with Crippen molar-refractivity contribution < 1.29 is 22.4 Å². The minimum atomic E-state index is -2.56. The summed E-state index contributed by atoms with van der Waals surface area (Å²) in [6.07, 6.45) is 0.925. The summed E-state index contributed by atoms with van der Waals surface area (Å²) in [7, 11) is 0. The first-order valence-electron chi connectivity index (χ1n) is 6.82. The Bertz CT molecular complexity index is 845. The van der Waals surface area contributed by atoms with Crippen molar-refractivity contribution in [3.05, 3.63) is 65.2 Å². The number of amides is 1. The van der Waals surface area contributed by atoms with Gasteiger partial charge < -0.3 is 5.32 Å². The molecule has 0 fully saturated rings. The van der Waals surface area contributed by atoms with Crippen molar-refractivity contribution >= 4 is 29.4 Å². The topological polar surface area (TPSA) is 52.9 Å². The number of nitriles is 1. The van der Waals surface area contributed by atoms with E-state index in [0.29, 0.717) is 16.7 Å². The zero-order valence-electron chi connectivity index (χ0n) is 12.5. The Labute approximate surface area is 145 Å². The maximum Gasteiger partial charge on any atom is 0.288 e. The molecule has 128 valence electrons. The molecule has 2 aromatic carbocycles. The van der Waals surface area contributed by atoms with E-state index in [1.165, 1.54) is 36.4 Å². The third-order valence-corrected chi connectivity index (χ3v) is 3.71. The van der Waals surface area contributed by atoms with Gasteiger partial charge in [-0.05, 0) is 36.4 Å². The molecule has 8 heteroatoms. The number of thioether (sulfide) groups is 1. The van der Waals surface area contributed by atoms with E-state index < -0.39 is 28.9 Å². The number of nitrogens with zero attached hydrogens (tertiary/aromatic N) is 1. The van der Waals surface area contributed by atoms with E-state index in [9.17, 15) is 22.4 Å². The van der Waals surface area contributed by atoms with Gasteiger partial charge in [-0.25, -0.2) is 8.78 Å². The zero-order chi connectivity index (χ0) is 18.4. The molecule has 0 saturated carbocycles. The van der Waals surface area contributed by atoms with Crippen LogP contribution in [-0.2, 0) is 4.79 Å². The van der Waals surface area contributed by atoms with Crippen LogP contribution in [0.2, 0.25) is 0 Å². The first-order valence-corrected chi connectivity index (χ1v) is 7.70. The number of rotatable bonds is 5. The molecule has 0 aromatic heterocycles. The summed E-state index contributed by atoms with van der Waals surface area (Å²) < 4.78 is 51.3. The van der Waals surface area contributed by atoms with Crippen LogP contribution in [0, 0.1) is 23.0 Å². The Morgan fingerprint density at radius 3 is 2.44 bits per heavy atom. The number of halogens is 4. The predicted molar refractivity (Wildman–Crippen MR) is 86.9 cm³/mol. The number of benzene rings is 2. The van der Waals surface area contributed by atoms with Crippen LogP contribution < -0.4 is 5.32 Å². The van der Waals surface area contributed by atoms with Gasteiger partial charge in [0.25, 0.3) is 11.7 Å². The van der Waals surface area contributed by atoms with E-state index in [1.807, 2.05) is 0 Å². The van der Waals surface area contributed by atoms with Crippen molar-refractivity contribution in [3.8, 4) is 6.07 Å². The molecule has 2 aromatic rings. The first kappa shape index (κ1) is 18.5. The fraction of sp³-hybridized carbons (Fsp3) is 0.0588. The standard InChI is InChI=1S/C17H10F4N2OS/c18-14-3-1-2-10(15(14)19)8-11(9-22)16(24)23-12-4-6-13(7-5-12)25-17(20)21/h1-8,17H,(H,23,24)/b11-8-. The number of carbonyl (C=O) groups excluding carboxylic acids is 1. The van der Waals surface area contributed by atoms with Gasteiger partial charge in [-0.2, -0.15) is 14.0 Å². The molecule has 1 N–H and O–H groups in total. The van der Waals surface area contributed by atoms with Crippen LogP contribution in [0.3, 0.4) is 0 Å². The summed E-state index contributed by atoms with van der Waals surface area (Å²) in [5.74, 6) is -5.66. The molecule has 1 amide bonds. The Morgan fingerprint density at radius 1 is 1.16 bits per heavy atom. The van der Waals surface area contributed by atoms with Gasteiger partial charge in [0.15, 0.2) is 11.6 Å². The lowest BCUT2D eigenvalue weighted by atomic mass is 10.1. The summed E-state index contributed by atoms with van der Waals surface area (Å²) in [6.45, 7) is 0. The second-order valence-electron chi connectivity index (χ2n) is 4.67. The van der Waals surface area contributed by atoms with E-state index in [0.717, 1.165) is 12.1 Å². The SMILES string of the molecule is N#C/C(=C/c1cccc(F)c1F)C(=O)Nc1ccc(SC(F)F)cc1. The van der Waals surface area contributed by atoms with E-state index >= 15 is 0 Å². The van der Waals surface area contributed by atoms with Crippen LogP contribution in [0.4, 0.5) is 23.2 Å². The average Bonchev–Trinajstić information content (AvgIpc) is 2.57. The zero-order valence-corrected chi connectivity index (χ0v) is 13.3. The van der Waals surface area contributed by atoms with Crippen molar-refractivity contribution in [2.24, 2.45) is 0 Å². The molecule has 0 aliphatic carbocycles. The average molecular weight is 366 g/mol. The highest BCUT2D eigenvalue weighted by Crippen LogP contribution is 2.26. The second kappa shape index (κ2) is 8.35. The third kappa shape index (κ3) is 5.09. The van der Waals surface area contributed by atoms with Gasteiger partial charge in [0.1, 0.15) is 11.6 Å². The Balaban J connectivity index is 2.16. The van der Waals surface area contributed by atoms with Gasteiger partial charge in [0.2, 0.25) is 0 Å². The number of hydrogen-bond donors (Lipinski definition) is 1. The number of hydrogen-bond acceptors (Lipinski definition) is 3. The normalized spacial score (nSPS) is 11.3. The highest BCUT2D eigenvalue weighted by molar-refractivity contribution is 7.99. The number of nitrogens with one attached hydrogen (secondary N) is 1. The van der Waals surface area contributed by atoms with Gasteiger partial charge in [-0.3, -0.25) is 4.79 Å².